The van der Waals surface area contributed by atoms with Crippen LogP contribution in [0.25, 0.3) is 10.9 Å². The molecule has 0 bridgehead atoms. The lowest BCUT2D eigenvalue weighted by atomic mass is 10.0. The molecule has 60 heavy (non-hydrogen) atoms. The summed E-state index contributed by atoms with van der Waals surface area (Å²) in [6.45, 7) is -1.31. The van der Waals surface area contributed by atoms with Gasteiger partial charge >= 0.3 is 5.69 Å². The molecule has 0 aliphatic rings. The molecular formula is C46H46N6O8. The summed E-state index contributed by atoms with van der Waals surface area (Å²) in [5.74, 6) is -1.07. The fourth-order valence-electron chi connectivity index (χ4n) is 6.86. The van der Waals surface area contributed by atoms with Crippen LogP contribution in [0.2, 0.25) is 0 Å². The number of anilines is 2. The maximum atomic E-state index is 14.2. The van der Waals surface area contributed by atoms with Gasteiger partial charge in [-0.1, -0.05) is 72.8 Å². The van der Waals surface area contributed by atoms with E-state index in [2.05, 4.69) is 10.6 Å². The minimum atomic E-state index is -1.08. The summed E-state index contributed by atoms with van der Waals surface area (Å²) in [5, 5.41) is 5.65. The predicted molar refractivity (Wildman–Crippen MR) is 229 cm³/mol. The molecule has 5 aromatic carbocycles. The average Bonchev–Trinajstić information content (AvgIpc) is 3.28. The molecule has 0 spiro atoms. The molecule has 6 aromatic rings. The van der Waals surface area contributed by atoms with Crippen molar-refractivity contribution < 1.29 is 28.7 Å². The standard InChI is InChI=1S/C46H46N6O8/c1-49(33-19-23-35(59-3)24-20-33)44(56)38(27-31-13-7-5-8-14-31)47-41(53)29-51-40-18-12-11-17-37(40)43(55)52(46(51)58)30-42(54)48-39(28-32-15-9-6-10-16-32)45(57)50(2)34-21-25-36(60-4)26-22-34/h5-26,38-39H,27-30H2,1-4H3,(H,47,53)(H,48,54)/t38?,39-/m0/s1. The Balaban J connectivity index is 1.26. The first-order valence-corrected chi connectivity index (χ1v) is 19.2. The number of amides is 4. The molecule has 14 nitrogen and oxygen atoms in total. The first-order chi connectivity index (χ1) is 29.0. The summed E-state index contributed by atoms with van der Waals surface area (Å²) >= 11 is 0. The molecule has 2 N–H and O–H groups in total. The number of likely N-dealkylation sites (N-methyl/N-ethyl adjacent to an activating group) is 2. The van der Waals surface area contributed by atoms with Gasteiger partial charge in [0.2, 0.25) is 23.6 Å². The van der Waals surface area contributed by atoms with E-state index in [-0.39, 0.29) is 23.7 Å². The van der Waals surface area contributed by atoms with Crippen LogP contribution in [0.15, 0.2) is 143 Å². The Morgan fingerprint density at radius 3 is 1.38 bits per heavy atom. The molecule has 4 amide bonds. The molecule has 2 atom stereocenters. The summed E-state index contributed by atoms with van der Waals surface area (Å²) in [6.07, 6.45) is 0.275. The van der Waals surface area contributed by atoms with Crippen molar-refractivity contribution in [3.05, 3.63) is 165 Å². The topological polar surface area (TPSA) is 161 Å². The fourth-order valence-corrected chi connectivity index (χ4v) is 6.86. The van der Waals surface area contributed by atoms with Gasteiger partial charge in [0.05, 0.1) is 25.1 Å². The van der Waals surface area contributed by atoms with E-state index in [1.807, 2.05) is 60.7 Å². The highest BCUT2D eigenvalue weighted by Gasteiger charge is 2.28. The van der Waals surface area contributed by atoms with Crippen LogP contribution in [0.4, 0.5) is 11.4 Å². The first kappa shape index (κ1) is 42.1. The third-order valence-electron chi connectivity index (χ3n) is 10.1. The Hall–Kier alpha value is -7.48. The Morgan fingerprint density at radius 1 is 0.550 bits per heavy atom. The number of aromatic nitrogens is 2. The number of benzene rings is 5. The third kappa shape index (κ3) is 9.96. The number of carbonyl (C=O) groups is 4. The van der Waals surface area contributed by atoms with Crippen LogP contribution in [0, 0.1) is 0 Å². The van der Waals surface area contributed by atoms with Crippen molar-refractivity contribution in [2.45, 2.75) is 38.0 Å². The second kappa shape index (κ2) is 19.3. The van der Waals surface area contributed by atoms with Crippen LogP contribution < -0.4 is 41.2 Å². The SMILES string of the molecule is COc1ccc(N(C)C(=O)C(Cc2ccccc2)NC(=O)Cn2c(=O)n(CC(=O)N[C@@H](Cc3ccccc3)C(=O)N(C)c3ccc(OC)cc3)c(=O)c3ccccc32)cc1. The van der Waals surface area contributed by atoms with Crippen molar-refractivity contribution in [3.8, 4) is 11.5 Å². The zero-order valence-electron chi connectivity index (χ0n) is 33.7. The van der Waals surface area contributed by atoms with Crippen LogP contribution in [0.5, 0.6) is 11.5 Å². The van der Waals surface area contributed by atoms with Gasteiger partial charge in [-0.25, -0.2) is 4.79 Å². The number of fused-ring (bicyclic) bond motifs is 1. The number of methoxy groups -OCH3 is 2. The number of nitrogens with one attached hydrogen (secondary N) is 2. The van der Waals surface area contributed by atoms with Crippen LogP contribution in [0.1, 0.15) is 11.1 Å². The van der Waals surface area contributed by atoms with E-state index >= 15 is 0 Å². The Kier molecular flexibility index (Phi) is 13.6. The average molecular weight is 811 g/mol. The lowest BCUT2D eigenvalue weighted by Crippen LogP contribution is -2.52. The number of para-hydroxylation sites is 1. The molecule has 1 unspecified atom stereocenters. The normalized spacial score (nSPS) is 11.9. The smallest absolute Gasteiger partial charge is 0.332 e. The number of ether oxygens (including phenoxy) is 2. The summed E-state index contributed by atoms with van der Waals surface area (Å²) < 4.78 is 12.3. The highest BCUT2D eigenvalue weighted by atomic mass is 16.5. The predicted octanol–water partition coefficient (Wildman–Crippen LogP) is 3.96. The van der Waals surface area contributed by atoms with Crippen LogP contribution in [0.3, 0.4) is 0 Å². The summed E-state index contributed by atoms with van der Waals surface area (Å²) in [5.41, 5.74) is 1.18. The van der Waals surface area contributed by atoms with Crippen molar-refractivity contribution in [1.82, 2.24) is 19.8 Å². The maximum absolute atomic E-state index is 14.2. The Bertz CT molecular complexity index is 2580. The van der Waals surface area contributed by atoms with E-state index in [1.54, 1.807) is 81.9 Å². The van der Waals surface area contributed by atoms with Gasteiger partial charge in [0.25, 0.3) is 5.56 Å². The second-order valence-corrected chi connectivity index (χ2v) is 14.1. The highest BCUT2D eigenvalue weighted by Crippen LogP contribution is 2.21. The van der Waals surface area contributed by atoms with E-state index in [0.29, 0.717) is 22.9 Å². The van der Waals surface area contributed by atoms with Gasteiger partial charge in [-0.05, 0) is 71.8 Å². The van der Waals surface area contributed by atoms with Crippen LogP contribution in [-0.4, -0.2) is 73.2 Å². The molecular weight excluding hydrogens is 765 g/mol. The van der Waals surface area contributed by atoms with Gasteiger partial charge < -0.3 is 29.9 Å². The van der Waals surface area contributed by atoms with Gasteiger partial charge in [0.15, 0.2) is 0 Å². The number of hydrogen-bond acceptors (Lipinski definition) is 8. The van der Waals surface area contributed by atoms with E-state index in [9.17, 15) is 28.8 Å². The van der Waals surface area contributed by atoms with Crippen molar-refractivity contribution in [1.29, 1.82) is 0 Å². The highest BCUT2D eigenvalue weighted by molar-refractivity contribution is 6.00. The molecule has 0 aliphatic carbocycles. The number of rotatable bonds is 16. The summed E-state index contributed by atoms with van der Waals surface area (Å²) in [6, 6.07) is 36.2. The van der Waals surface area contributed by atoms with Gasteiger partial charge in [-0.15, -0.1) is 0 Å². The largest absolute Gasteiger partial charge is 0.497 e. The van der Waals surface area contributed by atoms with Crippen molar-refractivity contribution in [2.24, 2.45) is 0 Å². The Labute approximate surface area is 346 Å². The zero-order chi connectivity index (χ0) is 42.8. The molecule has 6 rings (SSSR count). The minimum absolute atomic E-state index is 0.0880. The molecule has 0 radical (unpaired) electrons. The molecule has 0 saturated heterocycles. The number of carbonyl (C=O) groups excluding carboxylic acids is 4. The van der Waals surface area contributed by atoms with Crippen molar-refractivity contribution in [3.63, 3.8) is 0 Å². The summed E-state index contributed by atoms with van der Waals surface area (Å²) in [7, 11) is 6.26. The van der Waals surface area contributed by atoms with E-state index < -0.39 is 60.1 Å². The maximum Gasteiger partial charge on any atom is 0.332 e. The van der Waals surface area contributed by atoms with Gasteiger partial charge in [0.1, 0.15) is 36.7 Å². The van der Waals surface area contributed by atoms with E-state index in [1.165, 1.54) is 29.0 Å². The van der Waals surface area contributed by atoms with Crippen molar-refractivity contribution >= 4 is 45.9 Å². The quantitative estimate of drug-likeness (QED) is 0.149. The second-order valence-electron chi connectivity index (χ2n) is 14.1. The monoisotopic (exact) mass is 810 g/mol. The molecule has 308 valence electrons. The molecule has 0 aliphatic heterocycles. The third-order valence-corrected chi connectivity index (χ3v) is 10.1. The molecule has 1 heterocycles. The van der Waals surface area contributed by atoms with Gasteiger partial charge in [0, 0.05) is 38.3 Å². The molecule has 0 fully saturated rings. The first-order valence-electron chi connectivity index (χ1n) is 19.2. The molecule has 14 heteroatoms. The fraction of sp³-hybridized carbons (Fsp3) is 0.217. The van der Waals surface area contributed by atoms with Crippen LogP contribution in [-0.2, 0) is 45.1 Å². The lowest BCUT2D eigenvalue weighted by molar-refractivity contribution is -0.128. The van der Waals surface area contributed by atoms with Gasteiger partial charge in [-0.2, -0.15) is 0 Å². The molecule has 0 saturated carbocycles. The summed E-state index contributed by atoms with van der Waals surface area (Å²) in [4.78, 5) is 86.5. The number of nitrogens with zero attached hydrogens (tertiary/aromatic N) is 4. The van der Waals surface area contributed by atoms with Crippen molar-refractivity contribution in [2.75, 3.05) is 38.1 Å². The minimum Gasteiger partial charge on any atom is -0.497 e. The van der Waals surface area contributed by atoms with Gasteiger partial charge in [-0.3, -0.25) is 33.1 Å². The van der Waals surface area contributed by atoms with Crippen LogP contribution >= 0.6 is 0 Å². The van der Waals surface area contributed by atoms with E-state index in [0.717, 1.165) is 20.3 Å². The number of hydrogen-bond donors (Lipinski definition) is 2. The zero-order valence-corrected chi connectivity index (χ0v) is 33.7. The molecule has 1 aromatic heterocycles. The van der Waals surface area contributed by atoms with E-state index in [4.69, 9.17) is 9.47 Å². The lowest BCUT2D eigenvalue weighted by Gasteiger charge is -2.26. The Morgan fingerprint density at radius 2 is 0.950 bits per heavy atom.